The van der Waals surface area contributed by atoms with Crippen LogP contribution < -0.4 is 10.6 Å². The molecule has 0 spiro atoms. The first-order valence-corrected chi connectivity index (χ1v) is 20.3. The Morgan fingerprint density at radius 3 is 1.81 bits per heavy atom. The van der Waals surface area contributed by atoms with Crippen LogP contribution in [0.5, 0.6) is 0 Å². The maximum atomic E-state index is 13.7. The molecule has 308 valence electrons. The lowest BCUT2D eigenvalue weighted by Crippen LogP contribution is -2.51. The van der Waals surface area contributed by atoms with Gasteiger partial charge < -0.3 is 44.3 Å². The van der Waals surface area contributed by atoms with Gasteiger partial charge in [0.2, 0.25) is 11.8 Å². The van der Waals surface area contributed by atoms with Crippen molar-refractivity contribution in [1.82, 2.24) is 40.4 Å². The standard InChI is InChI=1S/C44H50N8O7/c1-23(2)37(49-43(55)57-5)41(53)51-17-7-9-33(51)39-45-22-32(48-39)27-12-15-29-28-14-11-26(20-35(28)59-36(29)21-27)25-13-16-30-31(19-25)47-40(46-30)34-10-8-18-52(34)42(54)38(24(3)4)50-44(56)58-6/h11-16,19-24,33-34,37-38H,7-10,17-18H2,1-6H3,(H,45,48)(H,46,47)(H,49,55)(H,50,56)/t33-,34-,37-,38-/m0/s1. The van der Waals surface area contributed by atoms with Gasteiger partial charge in [0.25, 0.3) is 0 Å². The van der Waals surface area contributed by atoms with Gasteiger partial charge in [-0.05, 0) is 85.0 Å². The van der Waals surface area contributed by atoms with E-state index in [-0.39, 0.29) is 35.7 Å². The number of imidazole rings is 2. The molecular weight excluding hydrogens is 753 g/mol. The van der Waals surface area contributed by atoms with Gasteiger partial charge in [-0.1, -0.05) is 45.9 Å². The Labute approximate surface area is 341 Å². The number of amides is 4. The lowest BCUT2D eigenvalue weighted by molar-refractivity contribution is -0.136. The number of fused-ring (bicyclic) bond motifs is 4. The first kappa shape index (κ1) is 39.4. The maximum absolute atomic E-state index is 13.7. The molecule has 0 radical (unpaired) electrons. The minimum absolute atomic E-state index is 0.117. The van der Waals surface area contributed by atoms with E-state index in [2.05, 4.69) is 38.8 Å². The van der Waals surface area contributed by atoms with E-state index in [0.717, 1.165) is 86.9 Å². The molecule has 3 aromatic heterocycles. The summed E-state index contributed by atoms with van der Waals surface area (Å²) in [5, 5.41) is 7.39. The van der Waals surface area contributed by atoms with Crippen molar-refractivity contribution in [2.24, 2.45) is 11.8 Å². The molecule has 0 unspecified atom stereocenters. The molecule has 2 aliphatic rings. The molecule has 4 atom stereocenters. The number of H-pyrrole nitrogens is 2. The molecule has 2 fully saturated rings. The zero-order chi connectivity index (χ0) is 41.5. The van der Waals surface area contributed by atoms with Crippen molar-refractivity contribution in [3.05, 3.63) is 72.4 Å². The molecule has 5 heterocycles. The van der Waals surface area contributed by atoms with Crippen LogP contribution in [0.25, 0.3) is 55.4 Å². The summed E-state index contributed by atoms with van der Waals surface area (Å²) >= 11 is 0. The largest absolute Gasteiger partial charge is 0.456 e. The molecule has 2 aliphatic heterocycles. The fourth-order valence-electron chi connectivity index (χ4n) is 8.53. The highest BCUT2D eigenvalue weighted by molar-refractivity contribution is 6.07. The highest BCUT2D eigenvalue weighted by Crippen LogP contribution is 2.38. The number of benzene rings is 3. The van der Waals surface area contributed by atoms with Gasteiger partial charge in [0, 0.05) is 29.4 Å². The predicted octanol–water partition coefficient (Wildman–Crippen LogP) is 7.61. The van der Waals surface area contributed by atoms with Gasteiger partial charge in [0.15, 0.2) is 0 Å². The van der Waals surface area contributed by atoms with E-state index in [9.17, 15) is 19.2 Å². The van der Waals surface area contributed by atoms with Crippen LogP contribution in [0.4, 0.5) is 9.59 Å². The number of hydrogen-bond donors (Lipinski definition) is 4. The number of nitrogens with zero attached hydrogens (tertiary/aromatic N) is 4. The number of methoxy groups -OCH3 is 2. The van der Waals surface area contributed by atoms with Gasteiger partial charge in [-0.15, -0.1) is 0 Å². The van der Waals surface area contributed by atoms with Crippen LogP contribution in [0.1, 0.15) is 77.1 Å². The SMILES string of the molecule is COC(=O)N[C@H](C(=O)N1CCC[C@H]1c1ncc(-c2ccc3c(c2)oc2cc(-c4ccc5[nH]c([C@@H]6CCCN6C(=O)[C@@H](NC(=O)OC)C(C)C)nc5c4)ccc23)[nH]1)C(C)C. The van der Waals surface area contributed by atoms with Crippen molar-refractivity contribution < 1.29 is 33.1 Å². The molecule has 2 saturated heterocycles. The molecule has 0 bridgehead atoms. The van der Waals surface area contributed by atoms with Gasteiger partial charge in [-0.25, -0.2) is 19.6 Å². The van der Waals surface area contributed by atoms with Crippen molar-refractivity contribution >= 4 is 57.0 Å². The second-order valence-corrected chi connectivity index (χ2v) is 16.2. The number of carbonyl (C=O) groups is 4. The molecule has 15 heteroatoms. The van der Waals surface area contributed by atoms with Crippen molar-refractivity contribution in [2.75, 3.05) is 27.3 Å². The van der Waals surface area contributed by atoms with Crippen LogP contribution in [-0.2, 0) is 19.1 Å². The Hall–Kier alpha value is -6.38. The Kier molecular flexibility index (Phi) is 10.8. The van der Waals surface area contributed by atoms with Crippen molar-refractivity contribution in [3.8, 4) is 22.4 Å². The topological polar surface area (TPSA) is 188 Å². The van der Waals surface area contributed by atoms with E-state index in [1.165, 1.54) is 14.2 Å². The average Bonchev–Trinajstić information content (AvgIpc) is 4.08. The quantitative estimate of drug-likeness (QED) is 0.108. The summed E-state index contributed by atoms with van der Waals surface area (Å²) in [6.07, 6.45) is 3.72. The molecule has 4 amide bonds. The zero-order valence-corrected chi connectivity index (χ0v) is 34.1. The minimum Gasteiger partial charge on any atom is -0.456 e. The summed E-state index contributed by atoms with van der Waals surface area (Å²) < 4.78 is 16.0. The summed E-state index contributed by atoms with van der Waals surface area (Å²) in [6.45, 7) is 8.76. The number of furan rings is 1. The number of ether oxygens (including phenoxy) is 2. The molecule has 59 heavy (non-hydrogen) atoms. The van der Waals surface area contributed by atoms with E-state index in [4.69, 9.17) is 23.9 Å². The van der Waals surface area contributed by atoms with Crippen molar-refractivity contribution in [3.63, 3.8) is 0 Å². The third-order valence-corrected chi connectivity index (χ3v) is 11.7. The third-order valence-electron chi connectivity index (χ3n) is 11.7. The average molecular weight is 803 g/mol. The Morgan fingerprint density at radius 2 is 1.24 bits per heavy atom. The molecule has 3 aromatic carbocycles. The molecule has 6 aromatic rings. The van der Waals surface area contributed by atoms with E-state index >= 15 is 0 Å². The fraction of sp³-hybridized carbons (Fsp3) is 0.409. The Bertz CT molecular complexity index is 2550. The minimum atomic E-state index is -0.705. The van der Waals surface area contributed by atoms with Gasteiger partial charge >= 0.3 is 12.2 Å². The number of aromatic amines is 2. The first-order chi connectivity index (χ1) is 28.4. The van der Waals surface area contributed by atoms with Gasteiger partial charge in [-0.3, -0.25) is 9.59 Å². The summed E-state index contributed by atoms with van der Waals surface area (Å²) in [7, 11) is 2.58. The van der Waals surface area contributed by atoms with Crippen LogP contribution >= 0.6 is 0 Å². The monoisotopic (exact) mass is 802 g/mol. The number of rotatable bonds is 10. The molecule has 0 saturated carbocycles. The van der Waals surface area contributed by atoms with E-state index in [1.807, 2.05) is 69.0 Å². The van der Waals surface area contributed by atoms with E-state index in [0.29, 0.717) is 18.9 Å². The highest BCUT2D eigenvalue weighted by Gasteiger charge is 2.39. The smallest absolute Gasteiger partial charge is 0.407 e. The lowest BCUT2D eigenvalue weighted by Gasteiger charge is -2.30. The molecule has 15 nitrogen and oxygen atoms in total. The maximum Gasteiger partial charge on any atom is 0.407 e. The van der Waals surface area contributed by atoms with Crippen LogP contribution in [0.15, 0.2) is 65.2 Å². The summed E-state index contributed by atoms with van der Waals surface area (Å²) in [6, 6.07) is 16.5. The second-order valence-electron chi connectivity index (χ2n) is 16.2. The molecule has 0 aliphatic carbocycles. The summed E-state index contributed by atoms with van der Waals surface area (Å²) in [4.78, 5) is 71.5. The lowest BCUT2D eigenvalue weighted by atomic mass is 10.0. The number of nitrogens with one attached hydrogen (secondary N) is 4. The van der Waals surface area contributed by atoms with Gasteiger partial charge in [0.1, 0.15) is 34.9 Å². The highest BCUT2D eigenvalue weighted by atomic mass is 16.5. The van der Waals surface area contributed by atoms with Gasteiger partial charge in [0.05, 0.1) is 49.2 Å². The Morgan fingerprint density at radius 1 is 0.712 bits per heavy atom. The predicted molar refractivity (Wildman–Crippen MR) is 222 cm³/mol. The number of carbonyl (C=O) groups excluding carboxylic acids is 4. The van der Waals surface area contributed by atoms with Crippen molar-refractivity contribution in [1.29, 1.82) is 0 Å². The van der Waals surface area contributed by atoms with Crippen LogP contribution in [0, 0.1) is 11.8 Å². The zero-order valence-electron chi connectivity index (χ0n) is 34.1. The summed E-state index contributed by atoms with van der Waals surface area (Å²) in [5.74, 6) is 0.881. The second kappa shape index (κ2) is 16.1. The van der Waals surface area contributed by atoms with Gasteiger partial charge in [-0.2, -0.15) is 0 Å². The normalized spacial score (nSPS) is 18.0. The van der Waals surface area contributed by atoms with Crippen LogP contribution in [0.2, 0.25) is 0 Å². The third kappa shape index (κ3) is 7.56. The first-order valence-electron chi connectivity index (χ1n) is 20.3. The summed E-state index contributed by atoms with van der Waals surface area (Å²) in [5.41, 5.74) is 6.82. The fourth-order valence-corrected chi connectivity index (χ4v) is 8.53. The van der Waals surface area contributed by atoms with Crippen LogP contribution in [-0.4, -0.2) is 93.1 Å². The van der Waals surface area contributed by atoms with E-state index < -0.39 is 24.3 Å². The number of hydrogen-bond acceptors (Lipinski definition) is 9. The van der Waals surface area contributed by atoms with E-state index in [1.54, 1.807) is 11.1 Å². The van der Waals surface area contributed by atoms with Crippen LogP contribution in [0.3, 0.4) is 0 Å². The molecule has 8 rings (SSSR count). The van der Waals surface area contributed by atoms with Crippen molar-refractivity contribution in [2.45, 2.75) is 77.5 Å². The number of aromatic nitrogens is 4. The number of alkyl carbamates (subject to hydrolysis) is 2. The number of likely N-dealkylation sites (tertiary alicyclic amines) is 2. The Balaban J connectivity index is 1.01. The molecular formula is C44H50N8O7. The molecule has 4 N–H and O–H groups in total.